The minimum Gasteiger partial charge on any atom is -0.504 e. The van der Waals surface area contributed by atoms with Gasteiger partial charge in [0.1, 0.15) is 5.75 Å². The van der Waals surface area contributed by atoms with Gasteiger partial charge in [-0.3, -0.25) is 0 Å². The Morgan fingerprint density at radius 1 is 1.12 bits per heavy atom. The third-order valence-corrected chi connectivity index (χ3v) is 3.62. The molecule has 4 nitrogen and oxygen atoms in total. The molecule has 0 amide bonds. The lowest BCUT2D eigenvalue weighted by Gasteiger charge is -2.12. The minimum absolute atomic E-state index is 0.0542. The van der Waals surface area contributed by atoms with Gasteiger partial charge in [-0.1, -0.05) is 32.0 Å². The number of carbonyl (C=O) groups excluding carboxylic acids is 1. The maximum Gasteiger partial charge on any atom is 0.336 e. The number of esters is 1. The molecule has 24 heavy (non-hydrogen) atoms. The second kappa shape index (κ2) is 7.68. The summed E-state index contributed by atoms with van der Waals surface area (Å²) in [5.41, 5.74) is 2.76. The molecule has 0 fully saturated rings. The van der Waals surface area contributed by atoms with Gasteiger partial charge in [0, 0.05) is 6.08 Å². The van der Waals surface area contributed by atoms with E-state index in [4.69, 9.17) is 9.47 Å². The van der Waals surface area contributed by atoms with Crippen LogP contribution in [0.3, 0.4) is 0 Å². The second-order valence-corrected chi connectivity index (χ2v) is 5.88. The Labute approximate surface area is 142 Å². The van der Waals surface area contributed by atoms with Gasteiger partial charge in [0.15, 0.2) is 11.5 Å². The quantitative estimate of drug-likeness (QED) is 0.501. The Bertz CT molecular complexity index is 760. The second-order valence-electron chi connectivity index (χ2n) is 5.88. The van der Waals surface area contributed by atoms with Gasteiger partial charge in [0.2, 0.25) is 0 Å². The number of phenolic OH excluding ortho intramolecular Hbond substituents is 1. The molecule has 0 saturated heterocycles. The van der Waals surface area contributed by atoms with Gasteiger partial charge in [0.25, 0.3) is 0 Å². The summed E-state index contributed by atoms with van der Waals surface area (Å²) < 4.78 is 10.5. The third-order valence-electron chi connectivity index (χ3n) is 3.62. The summed E-state index contributed by atoms with van der Waals surface area (Å²) in [6, 6.07) is 10.7. The zero-order valence-corrected chi connectivity index (χ0v) is 14.4. The van der Waals surface area contributed by atoms with Gasteiger partial charge in [-0.05, 0) is 53.8 Å². The van der Waals surface area contributed by atoms with E-state index < -0.39 is 5.97 Å². The standard InChI is InChI=1S/C20H22O4/c1-13(2)16-8-5-14(3)11-18(16)24-20(22)10-7-15-6-9-17(21)19(12-15)23-4/h5-13,21H,1-4H3/b10-7+. The first-order chi connectivity index (χ1) is 11.4. The van der Waals surface area contributed by atoms with Crippen LogP contribution < -0.4 is 9.47 Å². The summed E-state index contributed by atoms with van der Waals surface area (Å²) in [6.07, 6.45) is 2.98. The first-order valence-corrected chi connectivity index (χ1v) is 7.78. The van der Waals surface area contributed by atoms with Crippen molar-refractivity contribution < 1.29 is 19.4 Å². The van der Waals surface area contributed by atoms with Crippen molar-refractivity contribution in [2.24, 2.45) is 0 Å². The van der Waals surface area contributed by atoms with Gasteiger partial charge in [0.05, 0.1) is 7.11 Å². The predicted octanol–water partition coefficient (Wildman–Crippen LogP) is 4.45. The molecular weight excluding hydrogens is 304 g/mol. The molecule has 0 bridgehead atoms. The maximum atomic E-state index is 12.1. The van der Waals surface area contributed by atoms with Crippen molar-refractivity contribution in [3.8, 4) is 17.2 Å². The molecular formula is C20H22O4. The molecule has 0 saturated carbocycles. The van der Waals surface area contributed by atoms with E-state index in [0.29, 0.717) is 11.5 Å². The summed E-state index contributed by atoms with van der Waals surface area (Å²) in [5, 5.41) is 9.57. The number of ether oxygens (including phenoxy) is 2. The topological polar surface area (TPSA) is 55.8 Å². The van der Waals surface area contributed by atoms with Gasteiger partial charge in [-0.2, -0.15) is 0 Å². The average Bonchev–Trinajstić information content (AvgIpc) is 2.53. The Hall–Kier alpha value is -2.75. The Morgan fingerprint density at radius 3 is 2.54 bits per heavy atom. The van der Waals surface area contributed by atoms with E-state index in [1.807, 2.05) is 25.1 Å². The van der Waals surface area contributed by atoms with E-state index >= 15 is 0 Å². The van der Waals surface area contributed by atoms with Crippen LogP contribution in [0.15, 0.2) is 42.5 Å². The molecule has 2 aromatic carbocycles. The van der Waals surface area contributed by atoms with E-state index in [1.165, 1.54) is 19.3 Å². The summed E-state index contributed by atoms with van der Waals surface area (Å²) in [6.45, 7) is 6.07. The smallest absolute Gasteiger partial charge is 0.336 e. The van der Waals surface area contributed by atoms with Crippen LogP contribution in [0.25, 0.3) is 6.08 Å². The highest BCUT2D eigenvalue weighted by molar-refractivity contribution is 5.89. The lowest BCUT2D eigenvalue weighted by Crippen LogP contribution is -2.06. The fourth-order valence-corrected chi connectivity index (χ4v) is 2.31. The fourth-order valence-electron chi connectivity index (χ4n) is 2.31. The van der Waals surface area contributed by atoms with Crippen LogP contribution in [-0.2, 0) is 4.79 Å². The van der Waals surface area contributed by atoms with E-state index in [2.05, 4.69) is 13.8 Å². The van der Waals surface area contributed by atoms with Crippen LogP contribution in [0, 0.1) is 6.92 Å². The molecule has 0 heterocycles. The number of phenols is 1. The number of methoxy groups -OCH3 is 1. The van der Waals surface area contributed by atoms with E-state index in [0.717, 1.165) is 16.7 Å². The van der Waals surface area contributed by atoms with Crippen LogP contribution in [0.5, 0.6) is 17.2 Å². The Balaban J connectivity index is 2.15. The highest BCUT2D eigenvalue weighted by Gasteiger charge is 2.11. The molecule has 0 aliphatic carbocycles. The van der Waals surface area contributed by atoms with Crippen molar-refractivity contribution >= 4 is 12.0 Å². The van der Waals surface area contributed by atoms with Crippen LogP contribution >= 0.6 is 0 Å². The van der Waals surface area contributed by atoms with Crippen LogP contribution in [0.4, 0.5) is 0 Å². The highest BCUT2D eigenvalue weighted by atomic mass is 16.5. The van der Waals surface area contributed by atoms with Crippen molar-refractivity contribution in [3.05, 3.63) is 59.2 Å². The van der Waals surface area contributed by atoms with E-state index in [1.54, 1.807) is 18.2 Å². The molecule has 0 radical (unpaired) electrons. The number of hydrogen-bond acceptors (Lipinski definition) is 4. The number of benzene rings is 2. The van der Waals surface area contributed by atoms with Gasteiger partial charge in [-0.25, -0.2) is 4.79 Å². The van der Waals surface area contributed by atoms with E-state index in [-0.39, 0.29) is 11.7 Å². The van der Waals surface area contributed by atoms with Crippen molar-refractivity contribution in [1.82, 2.24) is 0 Å². The Morgan fingerprint density at radius 2 is 1.88 bits per heavy atom. The van der Waals surface area contributed by atoms with Crippen molar-refractivity contribution in [2.75, 3.05) is 7.11 Å². The van der Waals surface area contributed by atoms with E-state index in [9.17, 15) is 9.90 Å². The molecule has 126 valence electrons. The highest BCUT2D eigenvalue weighted by Crippen LogP contribution is 2.28. The normalized spacial score (nSPS) is 11.0. The summed E-state index contributed by atoms with van der Waals surface area (Å²) in [4.78, 5) is 12.1. The fraction of sp³-hybridized carbons (Fsp3) is 0.250. The zero-order valence-electron chi connectivity index (χ0n) is 14.4. The summed E-state index contributed by atoms with van der Waals surface area (Å²) >= 11 is 0. The van der Waals surface area contributed by atoms with Crippen molar-refractivity contribution in [1.29, 1.82) is 0 Å². The largest absolute Gasteiger partial charge is 0.504 e. The number of carbonyl (C=O) groups is 1. The van der Waals surface area contributed by atoms with Gasteiger partial charge in [-0.15, -0.1) is 0 Å². The van der Waals surface area contributed by atoms with Crippen LogP contribution in [0.1, 0.15) is 36.5 Å². The number of aromatic hydroxyl groups is 1. The summed E-state index contributed by atoms with van der Waals surface area (Å²) in [7, 11) is 1.47. The average molecular weight is 326 g/mol. The summed E-state index contributed by atoms with van der Waals surface area (Å²) in [5.74, 6) is 0.807. The lowest BCUT2D eigenvalue weighted by atomic mass is 10.0. The minimum atomic E-state index is -0.449. The molecule has 2 aromatic rings. The van der Waals surface area contributed by atoms with Crippen LogP contribution in [-0.4, -0.2) is 18.2 Å². The molecule has 4 heteroatoms. The predicted molar refractivity (Wildman–Crippen MR) is 94.6 cm³/mol. The molecule has 0 unspecified atom stereocenters. The molecule has 0 aliphatic rings. The zero-order chi connectivity index (χ0) is 17.7. The monoisotopic (exact) mass is 326 g/mol. The lowest BCUT2D eigenvalue weighted by molar-refractivity contribution is -0.128. The molecule has 0 atom stereocenters. The molecule has 1 N–H and O–H groups in total. The number of hydrogen-bond donors (Lipinski definition) is 1. The van der Waals surface area contributed by atoms with Gasteiger partial charge >= 0.3 is 5.97 Å². The molecule has 0 aliphatic heterocycles. The molecule has 0 spiro atoms. The van der Waals surface area contributed by atoms with Crippen LogP contribution in [0.2, 0.25) is 0 Å². The molecule has 2 rings (SSSR count). The first-order valence-electron chi connectivity index (χ1n) is 7.78. The van der Waals surface area contributed by atoms with Crippen molar-refractivity contribution in [2.45, 2.75) is 26.7 Å². The Kier molecular flexibility index (Phi) is 5.64. The van der Waals surface area contributed by atoms with Crippen molar-refractivity contribution in [3.63, 3.8) is 0 Å². The molecule has 0 aromatic heterocycles. The third kappa shape index (κ3) is 4.38. The maximum absolute atomic E-state index is 12.1. The van der Waals surface area contributed by atoms with Gasteiger partial charge < -0.3 is 14.6 Å². The first kappa shape index (κ1) is 17.6. The number of rotatable bonds is 5. The number of aryl methyl sites for hydroxylation is 1. The SMILES string of the molecule is COc1cc(/C=C/C(=O)Oc2cc(C)ccc2C(C)C)ccc1O.